The number of nitriles is 1. The summed E-state index contributed by atoms with van der Waals surface area (Å²) < 4.78 is 1.73. The highest BCUT2D eigenvalue weighted by molar-refractivity contribution is 6.08. The van der Waals surface area contributed by atoms with E-state index in [1.54, 1.807) is 72.4 Å². The van der Waals surface area contributed by atoms with Gasteiger partial charge in [0.05, 0.1) is 11.6 Å². The summed E-state index contributed by atoms with van der Waals surface area (Å²) >= 11 is 0. The fourth-order valence-electron chi connectivity index (χ4n) is 2.65. The Morgan fingerprint density at radius 2 is 1.63 bits per heavy atom. The van der Waals surface area contributed by atoms with Crippen LogP contribution in [0.5, 0.6) is 0 Å². The van der Waals surface area contributed by atoms with Crippen LogP contribution in [0.25, 0.3) is 0 Å². The zero-order valence-corrected chi connectivity index (χ0v) is 14.8. The third-order valence-corrected chi connectivity index (χ3v) is 4.24. The Morgan fingerprint density at radius 3 is 2.30 bits per heavy atom. The highest BCUT2D eigenvalue weighted by Crippen LogP contribution is 2.12. The molecule has 0 aliphatic rings. The van der Waals surface area contributed by atoms with Crippen molar-refractivity contribution in [1.82, 2.24) is 0 Å². The van der Waals surface area contributed by atoms with Crippen LogP contribution in [-0.2, 0) is 4.79 Å². The molecule has 27 heavy (non-hydrogen) atoms. The second-order valence-corrected chi connectivity index (χ2v) is 6.09. The van der Waals surface area contributed by atoms with E-state index in [2.05, 4.69) is 5.32 Å². The van der Waals surface area contributed by atoms with Crippen molar-refractivity contribution >= 4 is 17.4 Å². The number of benzene rings is 2. The molecule has 5 nitrogen and oxygen atoms in total. The number of rotatable bonds is 5. The van der Waals surface area contributed by atoms with Crippen molar-refractivity contribution in [3.8, 4) is 6.07 Å². The molecule has 3 rings (SSSR count). The molecule has 0 aliphatic carbocycles. The smallest absolute Gasteiger partial charge is 0.293 e. The number of hydrogen-bond donors (Lipinski definition) is 1. The summed E-state index contributed by atoms with van der Waals surface area (Å²) in [5.41, 5.74) is 2.24. The fraction of sp³-hybridized carbons (Fsp3) is 0.0909. The number of carbonyl (C=O) groups excluding carboxylic acids is 2. The third kappa shape index (κ3) is 4.25. The van der Waals surface area contributed by atoms with Gasteiger partial charge in [-0.05, 0) is 18.2 Å². The minimum absolute atomic E-state index is 0.0619. The second-order valence-electron chi connectivity index (χ2n) is 6.09. The highest BCUT2D eigenvalue weighted by atomic mass is 16.2. The molecular weight excluding hydrogens is 338 g/mol. The molecule has 1 amide bonds. The van der Waals surface area contributed by atoms with E-state index in [9.17, 15) is 9.59 Å². The van der Waals surface area contributed by atoms with Gasteiger partial charge in [-0.15, -0.1) is 0 Å². The number of pyridine rings is 1. The molecule has 2 aromatic carbocycles. The summed E-state index contributed by atoms with van der Waals surface area (Å²) in [6.45, 7) is 1.77. The lowest BCUT2D eigenvalue weighted by atomic mass is 10.0. The van der Waals surface area contributed by atoms with Crippen molar-refractivity contribution in [3.63, 3.8) is 0 Å². The molecule has 0 radical (unpaired) electrons. The van der Waals surface area contributed by atoms with E-state index in [1.807, 2.05) is 24.3 Å². The Bertz CT molecular complexity index is 1010. The topological polar surface area (TPSA) is 73.8 Å². The zero-order chi connectivity index (χ0) is 19.2. The van der Waals surface area contributed by atoms with Gasteiger partial charge in [0.2, 0.25) is 6.04 Å². The first kappa shape index (κ1) is 18.0. The summed E-state index contributed by atoms with van der Waals surface area (Å²) in [5.74, 6) is -0.273. The number of ketones is 1. The summed E-state index contributed by atoms with van der Waals surface area (Å²) in [6, 6.07) is 20.8. The number of amides is 1. The molecule has 1 aromatic heterocycles. The predicted molar refractivity (Wildman–Crippen MR) is 101 cm³/mol. The quantitative estimate of drug-likeness (QED) is 0.563. The van der Waals surface area contributed by atoms with Gasteiger partial charge in [0.15, 0.2) is 18.2 Å². The lowest BCUT2D eigenvalue weighted by Crippen LogP contribution is -2.44. The van der Waals surface area contributed by atoms with E-state index in [4.69, 9.17) is 5.26 Å². The van der Waals surface area contributed by atoms with E-state index >= 15 is 0 Å². The van der Waals surface area contributed by atoms with Gasteiger partial charge in [-0.25, -0.2) is 0 Å². The minimum atomic E-state index is -0.475. The van der Waals surface area contributed by atoms with Crippen LogP contribution in [-0.4, -0.2) is 11.7 Å². The first-order valence-corrected chi connectivity index (χ1v) is 8.50. The summed E-state index contributed by atoms with van der Waals surface area (Å²) in [4.78, 5) is 24.9. The molecule has 132 valence electrons. The van der Waals surface area contributed by atoms with Gasteiger partial charge in [-0.3, -0.25) is 9.59 Å². The predicted octanol–water partition coefficient (Wildman–Crippen LogP) is 3.28. The molecule has 0 unspecified atom stereocenters. The maximum Gasteiger partial charge on any atom is 0.293 e. The van der Waals surface area contributed by atoms with Gasteiger partial charge < -0.3 is 5.32 Å². The van der Waals surface area contributed by atoms with Crippen molar-refractivity contribution < 1.29 is 14.2 Å². The third-order valence-electron chi connectivity index (χ3n) is 4.24. The van der Waals surface area contributed by atoms with Gasteiger partial charge in [0.1, 0.15) is 0 Å². The monoisotopic (exact) mass is 356 g/mol. The molecule has 0 saturated carbocycles. The molecule has 1 atom stereocenters. The molecule has 0 fully saturated rings. The van der Waals surface area contributed by atoms with Crippen LogP contribution in [0.4, 0.5) is 5.69 Å². The number of anilines is 1. The molecule has 0 spiro atoms. The molecule has 0 saturated heterocycles. The average Bonchev–Trinajstić information content (AvgIpc) is 2.73. The first-order valence-electron chi connectivity index (χ1n) is 8.50. The Balaban J connectivity index is 1.71. The maximum absolute atomic E-state index is 12.5. The van der Waals surface area contributed by atoms with Crippen LogP contribution >= 0.6 is 0 Å². The number of nitrogens with one attached hydrogen (secondary N) is 1. The molecule has 5 heteroatoms. The number of hydrogen-bond acceptors (Lipinski definition) is 3. The maximum atomic E-state index is 12.5. The Kier molecular flexibility index (Phi) is 5.38. The molecule has 1 heterocycles. The SMILES string of the molecule is C[C@@H](C(=O)Nc1cccc(C#N)c1)[n+]1ccc(C(=O)c2ccccc2)cc1. The van der Waals surface area contributed by atoms with Gasteiger partial charge in [-0.2, -0.15) is 9.83 Å². The summed E-state index contributed by atoms with van der Waals surface area (Å²) in [7, 11) is 0. The van der Waals surface area contributed by atoms with E-state index in [0.29, 0.717) is 22.4 Å². The number of aromatic nitrogens is 1. The van der Waals surface area contributed by atoms with Crippen LogP contribution in [0, 0.1) is 11.3 Å². The Labute approximate surface area is 157 Å². The van der Waals surface area contributed by atoms with Gasteiger partial charge in [0.25, 0.3) is 5.91 Å². The van der Waals surface area contributed by atoms with Crippen molar-refractivity contribution in [3.05, 3.63) is 95.8 Å². The summed E-state index contributed by atoms with van der Waals surface area (Å²) in [5, 5.41) is 11.7. The van der Waals surface area contributed by atoms with Crippen molar-refractivity contribution in [2.45, 2.75) is 13.0 Å². The standard InChI is InChI=1S/C22H17N3O2/c1-16(22(27)24-20-9-5-6-17(14-20)15-23)25-12-10-19(11-13-25)21(26)18-7-3-2-4-8-18/h2-14,16H,1H3/p+1/t16-/m0/s1. The van der Waals surface area contributed by atoms with E-state index in [0.717, 1.165) is 0 Å². The molecule has 0 bridgehead atoms. The fourth-order valence-corrected chi connectivity index (χ4v) is 2.65. The lowest BCUT2D eigenvalue weighted by Gasteiger charge is -2.09. The number of nitrogens with zero attached hydrogens (tertiary/aromatic N) is 2. The number of carbonyl (C=O) groups is 2. The normalized spacial score (nSPS) is 11.3. The Morgan fingerprint density at radius 1 is 0.963 bits per heavy atom. The van der Waals surface area contributed by atoms with E-state index in [-0.39, 0.29) is 11.7 Å². The van der Waals surface area contributed by atoms with Crippen LogP contribution in [0.1, 0.15) is 34.5 Å². The molecule has 0 aliphatic heterocycles. The van der Waals surface area contributed by atoms with E-state index in [1.165, 1.54) is 0 Å². The van der Waals surface area contributed by atoms with Crippen molar-refractivity contribution in [2.75, 3.05) is 5.32 Å². The van der Waals surface area contributed by atoms with Crippen LogP contribution in [0.2, 0.25) is 0 Å². The summed E-state index contributed by atoms with van der Waals surface area (Å²) in [6.07, 6.45) is 3.43. The van der Waals surface area contributed by atoms with Crippen LogP contribution in [0.15, 0.2) is 79.1 Å². The largest absolute Gasteiger partial charge is 0.320 e. The van der Waals surface area contributed by atoms with E-state index < -0.39 is 6.04 Å². The van der Waals surface area contributed by atoms with Gasteiger partial charge in [0, 0.05) is 35.9 Å². The molecule has 1 N–H and O–H groups in total. The Hall–Kier alpha value is -3.78. The highest BCUT2D eigenvalue weighted by Gasteiger charge is 2.22. The van der Waals surface area contributed by atoms with Gasteiger partial charge >= 0.3 is 0 Å². The first-order chi connectivity index (χ1) is 13.1. The minimum Gasteiger partial charge on any atom is -0.320 e. The van der Waals surface area contributed by atoms with Crippen molar-refractivity contribution in [2.24, 2.45) is 0 Å². The van der Waals surface area contributed by atoms with Crippen LogP contribution in [0.3, 0.4) is 0 Å². The van der Waals surface area contributed by atoms with Gasteiger partial charge in [-0.1, -0.05) is 36.4 Å². The second kappa shape index (κ2) is 8.07. The van der Waals surface area contributed by atoms with Crippen LogP contribution < -0.4 is 9.88 Å². The lowest BCUT2D eigenvalue weighted by molar-refractivity contribution is -0.705. The average molecular weight is 356 g/mol. The molecular formula is C22H18N3O2+. The molecule has 3 aromatic rings. The zero-order valence-electron chi connectivity index (χ0n) is 14.8. The van der Waals surface area contributed by atoms with Crippen molar-refractivity contribution in [1.29, 1.82) is 5.26 Å².